The smallest absolute Gasteiger partial charge is 0.169 e. The molecule has 0 N–H and O–H groups in total. The van der Waals surface area contributed by atoms with Gasteiger partial charge >= 0.3 is 0 Å². The third-order valence-electron chi connectivity index (χ3n) is 9.38. The van der Waals surface area contributed by atoms with Crippen LogP contribution < -0.4 is 4.74 Å². The molecule has 31 heavy (non-hydrogen) atoms. The van der Waals surface area contributed by atoms with Gasteiger partial charge in [-0.05, 0) is 67.6 Å². The third-order valence-corrected chi connectivity index (χ3v) is 9.38. The second-order valence-electron chi connectivity index (χ2n) is 10.7. The average Bonchev–Trinajstić information content (AvgIpc) is 3.37. The van der Waals surface area contributed by atoms with E-state index in [0.717, 1.165) is 57.5 Å². The summed E-state index contributed by atoms with van der Waals surface area (Å²) < 4.78 is 17.6. The van der Waals surface area contributed by atoms with Gasteiger partial charge < -0.3 is 14.2 Å². The molecule has 2 unspecified atom stereocenters. The van der Waals surface area contributed by atoms with Crippen LogP contribution in [0.15, 0.2) is 35.4 Å². The van der Waals surface area contributed by atoms with Crippen molar-refractivity contribution in [2.24, 2.45) is 23.2 Å². The van der Waals surface area contributed by atoms with Gasteiger partial charge in [-0.1, -0.05) is 30.2 Å². The fraction of sp³-hybridized carbons (Fsp3) is 0.667. The maximum absolute atomic E-state index is 13.1. The minimum absolute atomic E-state index is 0.167. The summed E-state index contributed by atoms with van der Waals surface area (Å²) >= 11 is 0. The Labute approximate surface area is 185 Å². The van der Waals surface area contributed by atoms with Crippen molar-refractivity contribution in [3.63, 3.8) is 0 Å². The maximum atomic E-state index is 13.1. The number of benzene rings is 1. The van der Waals surface area contributed by atoms with Crippen LogP contribution in [0.3, 0.4) is 0 Å². The lowest BCUT2D eigenvalue weighted by Gasteiger charge is -2.52. The summed E-state index contributed by atoms with van der Waals surface area (Å²) in [5, 5.41) is 0. The highest BCUT2D eigenvalue weighted by atomic mass is 16.7. The molecule has 6 rings (SSSR count). The monoisotopic (exact) mass is 422 g/mol. The summed E-state index contributed by atoms with van der Waals surface area (Å²) in [6, 6.07) is 8.62. The first-order chi connectivity index (χ1) is 15.0. The van der Waals surface area contributed by atoms with E-state index in [-0.39, 0.29) is 11.2 Å². The highest BCUT2D eigenvalue weighted by molar-refractivity contribution is 5.87. The zero-order valence-corrected chi connectivity index (χ0v) is 18.8. The zero-order valence-electron chi connectivity index (χ0n) is 18.8. The van der Waals surface area contributed by atoms with Crippen LogP contribution in [0.2, 0.25) is 0 Å². The lowest BCUT2D eigenvalue weighted by atomic mass is 9.52. The van der Waals surface area contributed by atoms with Gasteiger partial charge in [-0.15, -0.1) is 0 Å². The first-order valence-corrected chi connectivity index (χ1v) is 12.2. The van der Waals surface area contributed by atoms with Crippen LogP contribution in [-0.4, -0.2) is 31.9 Å². The Kier molecular flexibility index (Phi) is 4.63. The van der Waals surface area contributed by atoms with E-state index in [4.69, 9.17) is 14.2 Å². The van der Waals surface area contributed by atoms with Gasteiger partial charge in [0.1, 0.15) is 11.5 Å². The molecular formula is C27H34O4. The van der Waals surface area contributed by atoms with Gasteiger partial charge in [0.05, 0.1) is 20.3 Å². The van der Waals surface area contributed by atoms with Crippen molar-refractivity contribution in [3.8, 4) is 5.75 Å². The molecule has 1 saturated heterocycles. The fourth-order valence-corrected chi connectivity index (χ4v) is 7.90. The van der Waals surface area contributed by atoms with Crippen LogP contribution >= 0.6 is 0 Å². The van der Waals surface area contributed by atoms with Crippen LogP contribution in [0.1, 0.15) is 69.8 Å². The Hall–Kier alpha value is -1.65. The van der Waals surface area contributed by atoms with E-state index in [1.807, 2.05) is 0 Å². The summed E-state index contributed by atoms with van der Waals surface area (Å²) in [7, 11) is 1.72. The van der Waals surface area contributed by atoms with Crippen LogP contribution in [0.4, 0.5) is 0 Å². The molecule has 1 aromatic rings. The maximum Gasteiger partial charge on any atom is 0.169 e. The minimum Gasteiger partial charge on any atom is -0.497 e. The summed E-state index contributed by atoms with van der Waals surface area (Å²) in [6.07, 6.45) is 8.30. The van der Waals surface area contributed by atoms with E-state index in [1.54, 1.807) is 18.3 Å². The topological polar surface area (TPSA) is 44.8 Å². The van der Waals surface area contributed by atoms with Crippen molar-refractivity contribution in [1.82, 2.24) is 0 Å². The van der Waals surface area contributed by atoms with Gasteiger partial charge in [0.15, 0.2) is 5.79 Å². The normalized spacial score (nSPS) is 38.7. The Morgan fingerprint density at radius 2 is 1.77 bits per heavy atom. The number of ketones is 1. The Bertz CT molecular complexity index is 910. The fourth-order valence-electron chi connectivity index (χ4n) is 7.90. The number of hydrogen-bond donors (Lipinski definition) is 0. The highest BCUT2D eigenvalue weighted by Crippen LogP contribution is 2.63. The van der Waals surface area contributed by atoms with Crippen molar-refractivity contribution in [2.75, 3.05) is 20.3 Å². The van der Waals surface area contributed by atoms with Crippen LogP contribution in [0.25, 0.3) is 0 Å². The molecule has 166 valence electrons. The number of rotatable bonds is 2. The first-order valence-electron chi connectivity index (χ1n) is 12.2. The van der Waals surface area contributed by atoms with E-state index in [2.05, 4.69) is 31.2 Å². The lowest BCUT2D eigenvalue weighted by Crippen LogP contribution is -2.46. The molecule has 4 aliphatic carbocycles. The van der Waals surface area contributed by atoms with Crippen molar-refractivity contribution in [2.45, 2.75) is 70.0 Å². The van der Waals surface area contributed by atoms with Crippen LogP contribution in [-0.2, 0) is 14.3 Å². The number of methoxy groups -OCH3 is 1. The van der Waals surface area contributed by atoms with Gasteiger partial charge in [-0.2, -0.15) is 0 Å². The molecule has 5 aliphatic rings. The number of allylic oxidation sites excluding steroid dienone is 2. The zero-order chi connectivity index (χ0) is 21.2. The summed E-state index contributed by atoms with van der Waals surface area (Å²) in [5.41, 5.74) is 4.55. The predicted octanol–water partition coefficient (Wildman–Crippen LogP) is 5.42. The molecule has 4 nitrogen and oxygen atoms in total. The van der Waals surface area contributed by atoms with Gasteiger partial charge in [-0.25, -0.2) is 0 Å². The molecule has 0 aromatic heterocycles. The SMILES string of the molecule is COc1ccc([C@H]2C[C@]3(C)C(=O)CCC3[C@@H]3CCC4CC5(CCC4=C32)OCCO5)cc1. The summed E-state index contributed by atoms with van der Waals surface area (Å²) in [5.74, 6) is 3.06. The molecule has 0 amide bonds. The quantitative estimate of drug-likeness (QED) is 0.597. The number of hydrogen-bond acceptors (Lipinski definition) is 4. The van der Waals surface area contributed by atoms with Gasteiger partial charge in [0.2, 0.25) is 0 Å². The molecule has 1 spiro atoms. The largest absolute Gasteiger partial charge is 0.497 e. The van der Waals surface area contributed by atoms with Crippen LogP contribution in [0, 0.1) is 23.2 Å². The van der Waals surface area contributed by atoms with Gasteiger partial charge in [0, 0.05) is 30.6 Å². The molecule has 1 heterocycles. The molecule has 4 heteroatoms. The Morgan fingerprint density at radius 3 is 2.52 bits per heavy atom. The molecule has 5 atom stereocenters. The van der Waals surface area contributed by atoms with E-state index in [1.165, 1.54) is 18.4 Å². The second kappa shape index (κ2) is 7.18. The van der Waals surface area contributed by atoms with Crippen molar-refractivity contribution >= 4 is 5.78 Å². The number of fused-ring (bicyclic) bond motifs is 4. The molecule has 1 aliphatic heterocycles. The second-order valence-corrected chi connectivity index (χ2v) is 10.7. The van der Waals surface area contributed by atoms with Crippen molar-refractivity contribution in [3.05, 3.63) is 41.0 Å². The van der Waals surface area contributed by atoms with Gasteiger partial charge in [-0.3, -0.25) is 4.79 Å². The van der Waals surface area contributed by atoms with E-state index in [9.17, 15) is 4.79 Å². The number of carbonyl (C=O) groups excluding carboxylic acids is 1. The first kappa shape index (κ1) is 20.0. The van der Waals surface area contributed by atoms with E-state index < -0.39 is 0 Å². The third kappa shape index (κ3) is 2.97. The summed E-state index contributed by atoms with van der Waals surface area (Å²) in [6.45, 7) is 3.74. The predicted molar refractivity (Wildman–Crippen MR) is 118 cm³/mol. The van der Waals surface area contributed by atoms with E-state index >= 15 is 0 Å². The Morgan fingerprint density at radius 1 is 1.00 bits per heavy atom. The molecule has 3 saturated carbocycles. The summed E-state index contributed by atoms with van der Waals surface area (Å²) in [4.78, 5) is 13.1. The highest BCUT2D eigenvalue weighted by Gasteiger charge is 2.57. The number of Topliss-reactive ketones (excluding diaryl/α,β-unsaturated/α-hetero) is 1. The molecular weight excluding hydrogens is 388 g/mol. The Balaban J connectivity index is 1.43. The number of carbonyl (C=O) groups is 1. The lowest BCUT2D eigenvalue weighted by molar-refractivity contribution is -0.181. The molecule has 4 fully saturated rings. The van der Waals surface area contributed by atoms with Crippen molar-refractivity contribution < 1.29 is 19.0 Å². The van der Waals surface area contributed by atoms with Crippen LogP contribution in [0.5, 0.6) is 5.75 Å². The molecule has 0 radical (unpaired) electrons. The van der Waals surface area contributed by atoms with Crippen molar-refractivity contribution in [1.29, 1.82) is 0 Å². The van der Waals surface area contributed by atoms with E-state index in [0.29, 0.717) is 29.5 Å². The average molecular weight is 423 g/mol. The van der Waals surface area contributed by atoms with Gasteiger partial charge in [0.25, 0.3) is 0 Å². The minimum atomic E-state index is -0.330. The number of ether oxygens (including phenoxy) is 3. The molecule has 0 bridgehead atoms. The standard InChI is InChI=1S/C27H34O4/c1-26-16-22(17-3-6-19(29-2)7-4-17)25-20-11-12-27(30-13-14-31-27)15-18(20)5-8-21(25)23(26)9-10-24(26)28/h3-4,6-7,18,21-23H,5,8-16H2,1-2H3/t18?,21-,22+,23?,26-/m0/s1. The molecule has 1 aromatic carbocycles.